The molecule has 1 aromatic heterocycles. The molecule has 0 bridgehead atoms. The predicted molar refractivity (Wildman–Crippen MR) is 130 cm³/mol. The number of carbonyl (C=O) groups excluding carboxylic acids is 2. The lowest BCUT2D eigenvalue weighted by Crippen LogP contribution is -2.28. The molecule has 3 aromatic rings. The second-order valence-corrected chi connectivity index (χ2v) is 8.88. The molecule has 0 spiro atoms. The van der Waals surface area contributed by atoms with Crippen LogP contribution in [0.4, 0.5) is 5.69 Å². The lowest BCUT2D eigenvalue weighted by atomic mass is 10.1. The molecule has 33 heavy (non-hydrogen) atoms. The van der Waals surface area contributed by atoms with Gasteiger partial charge in [0.1, 0.15) is 5.75 Å². The van der Waals surface area contributed by atoms with Crippen molar-refractivity contribution in [2.45, 2.75) is 38.9 Å². The summed E-state index contributed by atoms with van der Waals surface area (Å²) in [6.07, 6.45) is 0. The Morgan fingerprint density at radius 3 is 2.33 bits per heavy atom. The Hall–Kier alpha value is -3.33. The van der Waals surface area contributed by atoms with Gasteiger partial charge in [-0.25, -0.2) is 0 Å². The van der Waals surface area contributed by atoms with E-state index in [-0.39, 0.29) is 23.6 Å². The van der Waals surface area contributed by atoms with Gasteiger partial charge in [-0.2, -0.15) is 0 Å². The minimum absolute atomic E-state index is 0.111. The molecule has 174 valence electrons. The molecule has 0 aliphatic heterocycles. The van der Waals surface area contributed by atoms with E-state index in [1.165, 1.54) is 11.8 Å². The highest BCUT2D eigenvalue weighted by atomic mass is 32.2. The Labute approximate surface area is 198 Å². The van der Waals surface area contributed by atoms with Crippen LogP contribution in [0.1, 0.15) is 45.8 Å². The van der Waals surface area contributed by atoms with Crippen LogP contribution in [0.15, 0.2) is 41.6 Å². The Kier molecular flexibility index (Phi) is 7.75. The van der Waals surface area contributed by atoms with E-state index < -0.39 is 0 Å². The SMILES string of the molecule is COc1ccc(C(=O)N[C@@H](C)c2nnc(SCC(=O)Nc3c(C)cc(C)cc3C)n2C)cc1. The van der Waals surface area contributed by atoms with Crippen molar-refractivity contribution < 1.29 is 14.3 Å². The first-order valence-corrected chi connectivity index (χ1v) is 11.5. The third-order valence-electron chi connectivity index (χ3n) is 5.23. The summed E-state index contributed by atoms with van der Waals surface area (Å²) in [6, 6.07) is 10.6. The van der Waals surface area contributed by atoms with E-state index in [1.54, 1.807) is 35.9 Å². The molecule has 9 heteroatoms. The van der Waals surface area contributed by atoms with Gasteiger partial charge in [-0.3, -0.25) is 9.59 Å². The summed E-state index contributed by atoms with van der Waals surface area (Å²) in [7, 11) is 3.40. The Bertz CT molecular complexity index is 1130. The normalized spacial score (nSPS) is 11.7. The van der Waals surface area contributed by atoms with Crippen LogP contribution in [-0.2, 0) is 11.8 Å². The summed E-state index contributed by atoms with van der Waals surface area (Å²) >= 11 is 1.30. The molecule has 0 fully saturated rings. The van der Waals surface area contributed by atoms with Crippen LogP contribution in [0, 0.1) is 20.8 Å². The van der Waals surface area contributed by atoms with Gasteiger partial charge in [-0.1, -0.05) is 29.5 Å². The van der Waals surface area contributed by atoms with Gasteiger partial charge in [0, 0.05) is 18.3 Å². The maximum Gasteiger partial charge on any atom is 0.251 e. The molecule has 8 nitrogen and oxygen atoms in total. The number of anilines is 1. The van der Waals surface area contributed by atoms with E-state index in [1.807, 2.05) is 46.9 Å². The molecular weight excluding hydrogens is 438 g/mol. The Morgan fingerprint density at radius 1 is 1.09 bits per heavy atom. The standard InChI is InChI=1S/C24H29N5O3S/c1-14-11-15(2)21(16(3)12-14)26-20(30)13-33-24-28-27-22(29(24)5)17(4)25-23(31)18-7-9-19(32-6)10-8-18/h7-12,17H,13H2,1-6H3,(H,25,31)(H,26,30)/t17-/m0/s1. The van der Waals surface area contributed by atoms with Crippen LogP contribution in [0.5, 0.6) is 5.75 Å². The fourth-order valence-electron chi connectivity index (χ4n) is 3.60. The van der Waals surface area contributed by atoms with Crippen molar-refractivity contribution in [2.24, 2.45) is 7.05 Å². The molecule has 1 heterocycles. The Morgan fingerprint density at radius 2 is 1.73 bits per heavy atom. The third-order valence-corrected chi connectivity index (χ3v) is 6.25. The number of thioether (sulfide) groups is 1. The van der Waals surface area contributed by atoms with Gasteiger partial charge in [0.25, 0.3) is 5.91 Å². The molecule has 1 atom stereocenters. The monoisotopic (exact) mass is 467 g/mol. The van der Waals surface area contributed by atoms with Crippen molar-refractivity contribution in [3.05, 3.63) is 64.5 Å². The molecule has 0 radical (unpaired) electrons. The number of ether oxygens (including phenoxy) is 1. The molecule has 3 rings (SSSR count). The van der Waals surface area contributed by atoms with Crippen LogP contribution in [0.2, 0.25) is 0 Å². The van der Waals surface area contributed by atoms with Crippen molar-refractivity contribution in [3.8, 4) is 5.75 Å². The van der Waals surface area contributed by atoms with Gasteiger partial charge < -0.3 is 19.9 Å². The zero-order valence-electron chi connectivity index (χ0n) is 19.7. The predicted octanol–water partition coefficient (Wildman–Crippen LogP) is 3.97. The number of aromatic nitrogens is 3. The molecular formula is C24H29N5O3S. The number of rotatable bonds is 8. The van der Waals surface area contributed by atoms with E-state index in [0.717, 1.165) is 22.4 Å². The van der Waals surface area contributed by atoms with Crippen LogP contribution in [0.25, 0.3) is 0 Å². The number of carbonyl (C=O) groups is 2. The molecule has 0 aliphatic rings. The summed E-state index contributed by atoms with van der Waals surface area (Å²) in [6.45, 7) is 7.85. The van der Waals surface area contributed by atoms with Crippen LogP contribution in [0.3, 0.4) is 0 Å². The Balaban J connectivity index is 1.59. The molecule has 2 amide bonds. The number of amides is 2. The fraction of sp³-hybridized carbons (Fsp3) is 0.333. The van der Waals surface area contributed by atoms with Gasteiger partial charge in [-0.15, -0.1) is 10.2 Å². The van der Waals surface area contributed by atoms with E-state index in [0.29, 0.717) is 22.3 Å². The van der Waals surface area contributed by atoms with Gasteiger partial charge in [0.05, 0.1) is 18.9 Å². The summed E-state index contributed by atoms with van der Waals surface area (Å²) in [5, 5.41) is 14.9. The average molecular weight is 468 g/mol. The number of benzene rings is 2. The molecule has 2 N–H and O–H groups in total. The molecule has 0 saturated heterocycles. The van der Waals surface area contributed by atoms with E-state index >= 15 is 0 Å². The lowest BCUT2D eigenvalue weighted by molar-refractivity contribution is -0.113. The maximum absolute atomic E-state index is 12.5. The molecule has 0 aliphatic carbocycles. The molecule has 2 aromatic carbocycles. The number of methoxy groups -OCH3 is 1. The quantitative estimate of drug-likeness (QED) is 0.487. The van der Waals surface area contributed by atoms with Crippen molar-refractivity contribution in [2.75, 3.05) is 18.2 Å². The number of nitrogens with zero attached hydrogens (tertiary/aromatic N) is 3. The largest absolute Gasteiger partial charge is 0.497 e. The topological polar surface area (TPSA) is 98.1 Å². The molecule has 0 unspecified atom stereocenters. The zero-order valence-corrected chi connectivity index (χ0v) is 20.5. The first-order chi connectivity index (χ1) is 15.7. The number of hydrogen-bond acceptors (Lipinski definition) is 6. The number of nitrogens with one attached hydrogen (secondary N) is 2. The van der Waals surface area contributed by atoms with Crippen molar-refractivity contribution in [3.63, 3.8) is 0 Å². The maximum atomic E-state index is 12.5. The smallest absolute Gasteiger partial charge is 0.251 e. The van der Waals surface area contributed by atoms with E-state index in [2.05, 4.69) is 20.8 Å². The second kappa shape index (κ2) is 10.5. The highest BCUT2D eigenvalue weighted by Gasteiger charge is 2.19. The van der Waals surface area contributed by atoms with Crippen molar-refractivity contribution >= 4 is 29.3 Å². The summed E-state index contributed by atoms with van der Waals surface area (Å²) in [4.78, 5) is 25.1. The third kappa shape index (κ3) is 5.92. The van der Waals surface area contributed by atoms with Crippen LogP contribution < -0.4 is 15.4 Å². The fourth-order valence-corrected chi connectivity index (χ4v) is 4.32. The summed E-state index contributed by atoms with van der Waals surface area (Å²) in [5.41, 5.74) is 4.61. The van der Waals surface area contributed by atoms with Gasteiger partial charge >= 0.3 is 0 Å². The number of hydrogen-bond donors (Lipinski definition) is 2. The van der Waals surface area contributed by atoms with Crippen molar-refractivity contribution in [1.29, 1.82) is 0 Å². The van der Waals surface area contributed by atoms with E-state index in [9.17, 15) is 9.59 Å². The highest BCUT2D eigenvalue weighted by molar-refractivity contribution is 7.99. The summed E-state index contributed by atoms with van der Waals surface area (Å²) in [5.74, 6) is 1.16. The zero-order chi connectivity index (χ0) is 24.1. The van der Waals surface area contributed by atoms with Gasteiger partial charge in [0.2, 0.25) is 5.91 Å². The van der Waals surface area contributed by atoms with Gasteiger partial charge in [-0.05, 0) is 63.1 Å². The summed E-state index contributed by atoms with van der Waals surface area (Å²) < 4.78 is 6.91. The molecule has 0 saturated carbocycles. The van der Waals surface area contributed by atoms with Crippen LogP contribution in [-0.4, -0.2) is 39.4 Å². The minimum Gasteiger partial charge on any atom is -0.497 e. The lowest BCUT2D eigenvalue weighted by Gasteiger charge is -2.14. The van der Waals surface area contributed by atoms with Gasteiger partial charge in [0.15, 0.2) is 11.0 Å². The average Bonchev–Trinajstić information content (AvgIpc) is 3.15. The first kappa shape index (κ1) is 24.3. The van der Waals surface area contributed by atoms with E-state index in [4.69, 9.17) is 4.74 Å². The van der Waals surface area contributed by atoms with Crippen molar-refractivity contribution in [1.82, 2.24) is 20.1 Å². The highest BCUT2D eigenvalue weighted by Crippen LogP contribution is 2.24. The number of aryl methyl sites for hydroxylation is 3. The van der Waals surface area contributed by atoms with Crippen LogP contribution >= 0.6 is 11.8 Å². The first-order valence-electron chi connectivity index (χ1n) is 10.5. The second-order valence-electron chi connectivity index (χ2n) is 7.93. The minimum atomic E-state index is -0.363.